The number of benzene rings is 1. The SMILES string of the molecule is Fc1ccc(Oc2nc(Nc3cccnc3)nc3[nH]cc(Cl)c23)c(F)c1. The Morgan fingerprint density at radius 2 is 2.04 bits per heavy atom. The van der Waals surface area contributed by atoms with Crippen LogP contribution < -0.4 is 10.1 Å². The molecule has 6 nitrogen and oxygen atoms in total. The monoisotopic (exact) mass is 373 g/mol. The smallest absolute Gasteiger partial charge is 0.235 e. The van der Waals surface area contributed by atoms with E-state index in [0.717, 1.165) is 12.1 Å². The molecule has 0 fully saturated rings. The Hall–Kier alpha value is -3.26. The minimum atomic E-state index is -0.856. The van der Waals surface area contributed by atoms with Crippen molar-refractivity contribution >= 4 is 34.3 Å². The minimum Gasteiger partial charge on any atom is -0.435 e. The summed E-state index contributed by atoms with van der Waals surface area (Å²) in [7, 11) is 0. The van der Waals surface area contributed by atoms with Gasteiger partial charge in [-0.3, -0.25) is 4.98 Å². The fourth-order valence-corrected chi connectivity index (χ4v) is 2.55. The van der Waals surface area contributed by atoms with E-state index in [1.54, 1.807) is 24.5 Å². The van der Waals surface area contributed by atoms with Gasteiger partial charge < -0.3 is 15.0 Å². The van der Waals surface area contributed by atoms with Gasteiger partial charge in [-0.15, -0.1) is 0 Å². The van der Waals surface area contributed by atoms with Crippen LogP contribution in [0.3, 0.4) is 0 Å². The summed E-state index contributed by atoms with van der Waals surface area (Å²) in [5, 5.41) is 3.67. The van der Waals surface area contributed by atoms with Crippen molar-refractivity contribution in [1.29, 1.82) is 0 Å². The lowest BCUT2D eigenvalue weighted by atomic mass is 10.3. The number of H-pyrrole nitrogens is 1. The number of nitrogens with one attached hydrogen (secondary N) is 2. The summed E-state index contributed by atoms with van der Waals surface area (Å²) in [4.78, 5) is 15.4. The van der Waals surface area contributed by atoms with Gasteiger partial charge in [0.25, 0.3) is 0 Å². The van der Waals surface area contributed by atoms with Crippen LogP contribution >= 0.6 is 11.6 Å². The Labute approximate surface area is 150 Å². The molecule has 0 bridgehead atoms. The van der Waals surface area contributed by atoms with E-state index in [0.29, 0.717) is 21.7 Å². The molecular formula is C17H10ClF2N5O. The van der Waals surface area contributed by atoms with Crippen LogP contribution in [0.5, 0.6) is 11.6 Å². The molecule has 0 spiro atoms. The lowest BCUT2D eigenvalue weighted by molar-refractivity contribution is 0.428. The van der Waals surface area contributed by atoms with Crippen LogP contribution in [-0.4, -0.2) is 19.9 Å². The van der Waals surface area contributed by atoms with Gasteiger partial charge in [-0.25, -0.2) is 8.78 Å². The molecule has 26 heavy (non-hydrogen) atoms. The number of pyridine rings is 1. The number of hydrogen-bond donors (Lipinski definition) is 2. The maximum Gasteiger partial charge on any atom is 0.235 e. The number of aromatic amines is 1. The van der Waals surface area contributed by atoms with Crippen molar-refractivity contribution in [1.82, 2.24) is 19.9 Å². The number of halogens is 3. The zero-order valence-electron chi connectivity index (χ0n) is 13.0. The Bertz CT molecular complexity index is 1090. The van der Waals surface area contributed by atoms with E-state index < -0.39 is 11.6 Å². The number of aromatic nitrogens is 4. The van der Waals surface area contributed by atoms with E-state index in [-0.39, 0.29) is 17.6 Å². The van der Waals surface area contributed by atoms with Gasteiger partial charge >= 0.3 is 0 Å². The fourth-order valence-electron chi connectivity index (χ4n) is 2.32. The average molecular weight is 374 g/mol. The van der Waals surface area contributed by atoms with Crippen LogP contribution in [0.25, 0.3) is 11.0 Å². The number of ether oxygens (including phenoxy) is 1. The molecule has 1 aromatic carbocycles. The third-order valence-corrected chi connectivity index (χ3v) is 3.77. The third kappa shape index (κ3) is 3.14. The highest BCUT2D eigenvalue weighted by Crippen LogP contribution is 2.34. The van der Waals surface area contributed by atoms with Crippen molar-refractivity contribution in [2.24, 2.45) is 0 Å². The number of anilines is 2. The van der Waals surface area contributed by atoms with E-state index >= 15 is 0 Å². The molecule has 0 radical (unpaired) electrons. The van der Waals surface area contributed by atoms with Crippen molar-refractivity contribution in [3.05, 3.63) is 65.6 Å². The lowest BCUT2D eigenvalue weighted by Crippen LogP contribution is -2.00. The predicted octanol–water partition coefficient (Wildman–Crippen LogP) is 4.82. The lowest BCUT2D eigenvalue weighted by Gasteiger charge is -2.10. The number of rotatable bonds is 4. The summed E-state index contributed by atoms with van der Waals surface area (Å²) in [5.41, 5.74) is 1.05. The van der Waals surface area contributed by atoms with Crippen LogP contribution in [-0.2, 0) is 0 Å². The summed E-state index contributed by atoms with van der Waals surface area (Å²) >= 11 is 6.15. The molecule has 0 saturated carbocycles. The third-order valence-electron chi connectivity index (χ3n) is 3.47. The number of hydrogen-bond acceptors (Lipinski definition) is 5. The molecular weight excluding hydrogens is 364 g/mol. The second-order valence-corrected chi connectivity index (χ2v) is 5.66. The van der Waals surface area contributed by atoms with Crippen LogP contribution in [0.2, 0.25) is 5.02 Å². The normalized spacial score (nSPS) is 10.9. The summed E-state index contributed by atoms with van der Waals surface area (Å²) in [6, 6.07) is 6.51. The maximum absolute atomic E-state index is 13.9. The van der Waals surface area contributed by atoms with Crippen molar-refractivity contribution in [2.45, 2.75) is 0 Å². The van der Waals surface area contributed by atoms with Crippen LogP contribution in [0.15, 0.2) is 48.9 Å². The molecule has 0 amide bonds. The highest BCUT2D eigenvalue weighted by atomic mass is 35.5. The molecule has 130 valence electrons. The van der Waals surface area contributed by atoms with Crippen LogP contribution in [0, 0.1) is 11.6 Å². The van der Waals surface area contributed by atoms with Crippen molar-refractivity contribution in [3.8, 4) is 11.6 Å². The minimum absolute atomic E-state index is 0.0261. The molecule has 2 N–H and O–H groups in total. The topological polar surface area (TPSA) is 75.7 Å². The number of nitrogens with zero attached hydrogens (tertiary/aromatic N) is 3. The molecule has 9 heteroatoms. The van der Waals surface area contributed by atoms with E-state index in [1.807, 2.05) is 0 Å². The Morgan fingerprint density at radius 3 is 2.81 bits per heavy atom. The van der Waals surface area contributed by atoms with Gasteiger partial charge in [-0.05, 0) is 24.3 Å². The quantitative estimate of drug-likeness (QED) is 0.536. The second kappa shape index (κ2) is 6.57. The van der Waals surface area contributed by atoms with Gasteiger partial charge in [-0.2, -0.15) is 9.97 Å². The fraction of sp³-hybridized carbons (Fsp3) is 0. The van der Waals surface area contributed by atoms with Crippen molar-refractivity contribution < 1.29 is 13.5 Å². The Balaban J connectivity index is 1.77. The van der Waals surface area contributed by atoms with Crippen molar-refractivity contribution in [2.75, 3.05) is 5.32 Å². The molecule has 0 aliphatic carbocycles. The summed E-state index contributed by atoms with van der Waals surface area (Å²) < 4.78 is 32.6. The zero-order valence-corrected chi connectivity index (χ0v) is 13.8. The van der Waals surface area contributed by atoms with Gasteiger partial charge in [0.1, 0.15) is 16.9 Å². The summed E-state index contributed by atoms with van der Waals surface area (Å²) in [6.45, 7) is 0. The summed E-state index contributed by atoms with van der Waals surface area (Å²) in [6.07, 6.45) is 4.74. The molecule has 0 saturated heterocycles. The van der Waals surface area contributed by atoms with E-state index in [1.165, 1.54) is 12.3 Å². The maximum atomic E-state index is 13.9. The van der Waals surface area contributed by atoms with E-state index in [4.69, 9.17) is 16.3 Å². The molecule has 0 aliphatic heterocycles. The molecule has 3 heterocycles. The average Bonchev–Trinajstić information content (AvgIpc) is 2.99. The Kier molecular flexibility index (Phi) is 4.10. The standard InChI is InChI=1S/C17H10ClF2N5O/c18-11-8-22-15-14(11)16(26-13-4-3-9(19)6-12(13)20)25-17(24-15)23-10-2-1-5-21-7-10/h1-8H,(H2,22,23,24,25). The zero-order chi connectivity index (χ0) is 18.1. The first-order valence-electron chi connectivity index (χ1n) is 7.45. The van der Waals surface area contributed by atoms with E-state index in [2.05, 4.69) is 25.3 Å². The first-order valence-corrected chi connectivity index (χ1v) is 7.82. The molecule has 0 unspecified atom stereocenters. The van der Waals surface area contributed by atoms with Gasteiger partial charge in [0.2, 0.25) is 11.8 Å². The first kappa shape index (κ1) is 16.2. The van der Waals surface area contributed by atoms with Gasteiger partial charge in [0.15, 0.2) is 11.6 Å². The van der Waals surface area contributed by atoms with E-state index in [9.17, 15) is 8.78 Å². The van der Waals surface area contributed by atoms with Gasteiger partial charge in [0.05, 0.1) is 16.9 Å². The Morgan fingerprint density at radius 1 is 1.15 bits per heavy atom. The molecule has 4 aromatic rings. The highest BCUT2D eigenvalue weighted by molar-refractivity contribution is 6.35. The highest BCUT2D eigenvalue weighted by Gasteiger charge is 2.17. The largest absolute Gasteiger partial charge is 0.435 e. The molecule has 4 rings (SSSR count). The molecule has 0 atom stereocenters. The van der Waals surface area contributed by atoms with Crippen molar-refractivity contribution in [3.63, 3.8) is 0 Å². The molecule has 3 aromatic heterocycles. The van der Waals surface area contributed by atoms with Gasteiger partial charge in [0, 0.05) is 18.5 Å². The first-order chi connectivity index (χ1) is 12.6. The predicted molar refractivity (Wildman–Crippen MR) is 92.9 cm³/mol. The van der Waals surface area contributed by atoms with Crippen LogP contribution in [0.4, 0.5) is 20.4 Å². The second-order valence-electron chi connectivity index (χ2n) is 5.26. The van der Waals surface area contributed by atoms with Crippen LogP contribution in [0.1, 0.15) is 0 Å². The van der Waals surface area contributed by atoms with Gasteiger partial charge in [-0.1, -0.05) is 11.6 Å². The molecule has 0 aliphatic rings. The summed E-state index contributed by atoms with van der Waals surface area (Å²) in [5.74, 6) is -1.53. The number of fused-ring (bicyclic) bond motifs is 1.